The molecule has 0 aromatic heterocycles. The lowest BCUT2D eigenvalue weighted by atomic mass is 10.0. The molecule has 0 spiro atoms. The number of nitrogens with one attached hydrogen (secondary N) is 1. The zero-order chi connectivity index (χ0) is 32.6. The molecule has 0 saturated heterocycles. The summed E-state index contributed by atoms with van der Waals surface area (Å²) in [6.07, 6.45) is 0.153. The fraction of sp³-hybridized carbons (Fsp3) is 0.278. The van der Waals surface area contributed by atoms with Crippen molar-refractivity contribution >= 4 is 27.5 Å². The van der Waals surface area contributed by atoms with Gasteiger partial charge in [0.15, 0.2) is 0 Å². The average Bonchev–Trinajstić information content (AvgIpc) is 3.03. The molecule has 0 aliphatic rings. The van der Waals surface area contributed by atoms with E-state index >= 15 is 4.39 Å². The van der Waals surface area contributed by atoms with Gasteiger partial charge in [-0.3, -0.25) is 13.9 Å². The number of aryl methyl sites for hydroxylation is 2. The number of hydrogen-bond donors (Lipinski definition) is 1. The van der Waals surface area contributed by atoms with Crippen molar-refractivity contribution in [2.45, 2.75) is 51.6 Å². The van der Waals surface area contributed by atoms with Gasteiger partial charge >= 0.3 is 0 Å². The van der Waals surface area contributed by atoms with Crippen LogP contribution in [0.15, 0.2) is 108 Å². The highest BCUT2D eigenvalue weighted by Gasteiger charge is 2.35. The van der Waals surface area contributed by atoms with Crippen molar-refractivity contribution in [2.75, 3.05) is 17.4 Å². The maximum absolute atomic E-state index is 15.0. The summed E-state index contributed by atoms with van der Waals surface area (Å²) in [5.74, 6) is -1.42. The van der Waals surface area contributed by atoms with Crippen LogP contribution >= 0.6 is 0 Å². The summed E-state index contributed by atoms with van der Waals surface area (Å²) in [6.45, 7) is 7.26. The van der Waals surface area contributed by atoms with Crippen molar-refractivity contribution in [3.8, 4) is 0 Å². The number of rotatable bonds is 13. The Kier molecular flexibility index (Phi) is 11.1. The molecular formula is C36H40FN3O4S. The number of nitrogens with zero attached hydrogens (tertiary/aromatic N) is 2. The highest BCUT2D eigenvalue weighted by molar-refractivity contribution is 7.92. The Morgan fingerprint density at radius 3 is 2.07 bits per heavy atom. The van der Waals surface area contributed by atoms with Crippen molar-refractivity contribution in [2.24, 2.45) is 5.92 Å². The third-order valence-electron chi connectivity index (χ3n) is 7.64. The van der Waals surface area contributed by atoms with Crippen LogP contribution in [0.3, 0.4) is 0 Å². The molecule has 4 rings (SSSR count). The Morgan fingerprint density at radius 1 is 0.822 bits per heavy atom. The highest BCUT2D eigenvalue weighted by Crippen LogP contribution is 2.27. The van der Waals surface area contributed by atoms with E-state index in [4.69, 9.17) is 0 Å². The molecule has 4 aromatic carbocycles. The molecule has 45 heavy (non-hydrogen) atoms. The summed E-state index contributed by atoms with van der Waals surface area (Å²) in [4.78, 5) is 29.6. The first-order valence-electron chi connectivity index (χ1n) is 15.0. The second-order valence-corrected chi connectivity index (χ2v) is 13.4. The number of sulfonamides is 1. The number of benzene rings is 4. The quantitative estimate of drug-likeness (QED) is 0.195. The van der Waals surface area contributed by atoms with Crippen LogP contribution in [0.5, 0.6) is 0 Å². The van der Waals surface area contributed by atoms with Gasteiger partial charge in [0.25, 0.3) is 10.0 Å². The lowest BCUT2D eigenvalue weighted by Gasteiger charge is -2.34. The van der Waals surface area contributed by atoms with Gasteiger partial charge in [-0.2, -0.15) is 0 Å². The van der Waals surface area contributed by atoms with Gasteiger partial charge in [0.2, 0.25) is 11.8 Å². The number of amides is 2. The van der Waals surface area contributed by atoms with Gasteiger partial charge in [0.1, 0.15) is 18.4 Å². The van der Waals surface area contributed by atoms with E-state index in [9.17, 15) is 18.0 Å². The molecule has 0 saturated carbocycles. The monoisotopic (exact) mass is 629 g/mol. The predicted molar refractivity (Wildman–Crippen MR) is 176 cm³/mol. The van der Waals surface area contributed by atoms with Gasteiger partial charge in [-0.1, -0.05) is 86.6 Å². The molecule has 0 aliphatic heterocycles. The van der Waals surface area contributed by atoms with Crippen LogP contribution in [-0.2, 0) is 32.6 Å². The van der Waals surface area contributed by atoms with Crippen LogP contribution in [-0.4, -0.2) is 44.3 Å². The Hall–Kier alpha value is -4.50. The smallest absolute Gasteiger partial charge is 0.264 e. The maximum atomic E-state index is 15.0. The number of carbonyl (C=O) groups is 2. The van der Waals surface area contributed by atoms with Gasteiger partial charge in [0, 0.05) is 25.1 Å². The van der Waals surface area contributed by atoms with Gasteiger partial charge in [-0.25, -0.2) is 12.8 Å². The van der Waals surface area contributed by atoms with E-state index in [2.05, 4.69) is 5.32 Å². The summed E-state index contributed by atoms with van der Waals surface area (Å²) in [6, 6.07) is 27.4. The largest absolute Gasteiger partial charge is 0.354 e. The molecule has 0 heterocycles. The molecule has 9 heteroatoms. The topological polar surface area (TPSA) is 86.8 Å². The third kappa shape index (κ3) is 8.57. The van der Waals surface area contributed by atoms with Crippen molar-refractivity contribution in [1.29, 1.82) is 0 Å². The molecule has 236 valence electrons. The van der Waals surface area contributed by atoms with E-state index in [1.54, 1.807) is 54.6 Å². The van der Waals surface area contributed by atoms with Crippen LogP contribution in [0.25, 0.3) is 0 Å². The lowest BCUT2D eigenvalue weighted by molar-refractivity contribution is -0.140. The Morgan fingerprint density at radius 2 is 1.44 bits per heavy atom. The Balaban J connectivity index is 1.82. The first-order valence-corrected chi connectivity index (χ1v) is 16.4. The summed E-state index contributed by atoms with van der Waals surface area (Å²) in [7, 11) is -4.21. The molecule has 0 fully saturated rings. The molecule has 0 aliphatic carbocycles. The molecule has 4 aromatic rings. The van der Waals surface area contributed by atoms with E-state index < -0.39 is 40.2 Å². The van der Waals surface area contributed by atoms with E-state index in [1.165, 1.54) is 23.1 Å². The van der Waals surface area contributed by atoms with Crippen molar-refractivity contribution in [1.82, 2.24) is 10.2 Å². The van der Waals surface area contributed by atoms with Gasteiger partial charge in [0.05, 0.1) is 10.6 Å². The minimum atomic E-state index is -4.21. The van der Waals surface area contributed by atoms with E-state index in [1.807, 2.05) is 58.0 Å². The normalized spacial score (nSPS) is 12.0. The highest BCUT2D eigenvalue weighted by atomic mass is 32.2. The third-order valence-corrected chi connectivity index (χ3v) is 9.43. The first kappa shape index (κ1) is 33.4. The molecule has 0 bridgehead atoms. The maximum Gasteiger partial charge on any atom is 0.264 e. The second-order valence-electron chi connectivity index (χ2n) is 11.6. The minimum Gasteiger partial charge on any atom is -0.354 e. The van der Waals surface area contributed by atoms with Gasteiger partial charge < -0.3 is 10.2 Å². The van der Waals surface area contributed by atoms with Crippen LogP contribution in [0, 0.1) is 25.6 Å². The van der Waals surface area contributed by atoms with E-state index in [0.717, 1.165) is 21.0 Å². The Labute approximate surface area is 265 Å². The summed E-state index contributed by atoms with van der Waals surface area (Å²) in [5.41, 5.74) is 3.14. The summed E-state index contributed by atoms with van der Waals surface area (Å²) >= 11 is 0. The molecular weight excluding hydrogens is 589 g/mol. The van der Waals surface area contributed by atoms with Crippen LogP contribution in [0.4, 0.5) is 10.1 Å². The number of anilines is 1. The molecule has 1 N–H and O–H groups in total. The van der Waals surface area contributed by atoms with Crippen LogP contribution < -0.4 is 9.62 Å². The fourth-order valence-electron chi connectivity index (χ4n) is 4.92. The first-order chi connectivity index (χ1) is 21.5. The molecule has 2 amide bonds. The number of halogens is 1. The van der Waals surface area contributed by atoms with Crippen molar-refractivity contribution in [3.05, 3.63) is 131 Å². The van der Waals surface area contributed by atoms with Crippen LogP contribution in [0.1, 0.15) is 36.1 Å². The second kappa shape index (κ2) is 15.0. The fourth-order valence-corrected chi connectivity index (χ4v) is 6.34. The molecule has 1 atom stereocenters. The predicted octanol–water partition coefficient (Wildman–Crippen LogP) is 6.05. The van der Waals surface area contributed by atoms with Crippen LogP contribution in [0.2, 0.25) is 0 Å². The molecule has 1 unspecified atom stereocenters. The van der Waals surface area contributed by atoms with Crippen molar-refractivity contribution in [3.63, 3.8) is 0 Å². The number of carbonyl (C=O) groups excluding carboxylic acids is 2. The zero-order valence-electron chi connectivity index (χ0n) is 26.1. The van der Waals surface area contributed by atoms with Gasteiger partial charge in [-0.15, -0.1) is 0 Å². The lowest BCUT2D eigenvalue weighted by Crippen LogP contribution is -2.53. The van der Waals surface area contributed by atoms with Gasteiger partial charge in [-0.05, 0) is 66.8 Å². The van der Waals surface area contributed by atoms with E-state index in [-0.39, 0.29) is 29.3 Å². The summed E-state index contributed by atoms with van der Waals surface area (Å²) in [5, 5.41) is 2.93. The van der Waals surface area contributed by atoms with E-state index in [0.29, 0.717) is 12.2 Å². The Bertz CT molecular complexity index is 1710. The average molecular weight is 630 g/mol. The standard InChI is InChI=1S/C36H40FN3O4S/c1-26(2)23-38-36(42)34(22-29-13-7-5-8-14-29)39(24-30-15-11-12-18-33(30)37)35(41)25-40(31-20-19-27(3)28(4)21-31)45(43,44)32-16-9-6-10-17-32/h5-21,26,34H,22-25H2,1-4H3,(H,38,42). The molecule has 0 radical (unpaired) electrons. The SMILES string of the molecule is Cc1ccc(N(CC(=O)N(Cc2ccccc2F)C(Cc2ccccc2)C(=O)NCC(C)C)S(=O)(=O)c2ccccc2)cc1C. The van der Waals surface area contributed by atoms with Crippen molar-refractivity contribution < 1.29 is 22.4 Å². The zero-order valence-corrected chi connectivity index (χ0v) is 26.9. The number of hydrogen-bond acceptors (Lipinski definition) is 4. The summed E-state index contributed by atoms with van der Waals surface area (Å²) < 4.78 is 44.3. The molecule has 7 nitrogen and oxygen atoms in total. The minimum absolute atomic E-state index is 0.0205.